The van der Waals surface area contributed by atoms with Gasteiger partial charge in [0.2, 0.25) is 12.7 Å². The van der Waals surface area contributed by atoms with Gasteiger partial charge in [0.15, 0.2) is 11.5 Å². The second-order valence-electron chi connectivity index (χ2n) is 6.27. The van der Waals surface area contributed by atoms with Crippen molar-refractivity contribution in [2.45, 2.75) is 31.7 Å². The highest BCUT2D eigenvalue weighted by Gasteiger charge is 2.28. The van der Waals surface area contributed by atoms with Crippen LogP contribution in [-0.4, -0.2) is 45.7 Å². The summed E-state index contributed by atoms with van der Waals surface area (Å²) in [6.45, 7) is 3.69. The van der Waals surface area contributed by atoms with Crippen molar-refractivity contribution in [3.63, 3.8) is 0 Å². The lowest BCUT2D eigenvalue weighted by atomic mass is 9.97. The zero-order valence-corrected chi connectivity index (χ0v) is 13.6. The van der Waals surface area contributed by atoms with Crippen LogP contribution in [0.3, 0.4) is 0 Å². The van der Waals surface area contributed by atoms with Crippen molar-refractivity contribution in [2.24, 2.45) is 0 Å². The van der Waals surface area contributed by atoms with Gasteiger partial charge in [-0.25, -0.2) is 4.68 Å². The van der Waals surface area contributed by atoms with Gasteiger partial charge in [-0.2, -0.15) is 0 Å². The van der Waals surface area contributed by atoms with Crippen molar-refractivity contribution in [1.82, 2.24) is 19.9 Å². The van der Waals surface area contributed by atoms with Crippen LogP contribution in [0.5, 0.6) is 11.5 Å². The van der Waals surface area contributed by atoms with E-state index in [0.717, 1.165) is 43.0 Å². The Kier molecular flexibility index (Phi) is 3.84. The maximum absolute atomic E-state index is 12.8. The van der Waals surface area contributed by atoms with E-state index in [1.165, 1.54) is 0 Å². The minimum absolute atomic E-state index is 0.158. The first kappa shape index (κ1) is 15.0. The van der Waals surface area contributed by atoms with Crippen LogP contribution in [-0.2, 0) is 4.79 Å². The fourth-order valence-corrected chi connectivity index (χ4v) is 3.36. The molecular weight excluding hydrogens is 308 g/mol. The van der Waals surface area contributed by atoms with Crippen LogP contribution < -0.4 is 9.47 Å². The minimum Gasteiger partial charge on any atom is -0.454 e. The maximum Gasteiger partial charge on any atom is 0.231 e. The predicted molar refractivity (Wildman–Crippen MR) is 85.9 cm³/mol. The van der Waals surface area contributed by atoms with Crippen LogP contribution >= 0.6 is 0 Å². The Bertz CT molecular complexity index is 723. The molecule has 2 aromatic rings. The molecule has 4 rings (SSSR count). The van der Waals surface area contributed by atoms with E-state index in [9.17, 15) is 4.79 Å². The van der Waals surface area contributed by atoms with Gasteiger partial charge in [0.25, 0.3) is 0 Å². The number of rotatable bonds is 3. The summed E-state index contributed by atoms with van der Waals surface area (Å²) < 4.78 is 12.6. The highest BCUT2D eigenvalue weighted by Crippen LogP contribution is 2.35. The summed E-state index contributed by atoms with van der Waals surface area (Å²) in [5, 5.41) is 7.92. The van der Waals surface area contributed by atoms with E-state index in [1.807, 2.05) is 40.9 Å². The lowest BCUT2D eigenvalue weighted by Gasteiger charge is -2.33. The van der Waals surface area contributed by atoms with E-state index in [2.05, 4.69) is 10.3 Å². The number of ether oxygens (including phenoxy) is 2. The van der Waals surface area contributed by atoms with Gasteiger partial charge in [-0.1, -0.05) is 11.3 Å². The molecule has 0 spiro atoms. The Morgan fingerprint density at radius 3 is 2.79 bits per heavy atom. The topological polar surface area (TPSA) is 69.5 Å². The van der Waals surface area contributed by atoms with Gasteiger partial charge in [-0.3, -0.25) is 4.79 Å². The van der Waals surface area contributed by atoms with E-state index in [0.29, 0.717) is 6.04 Å². The zero-order valence-electron chi connectivity index (χ0n) is 13.6. The molecule has 1 atom stereocenters. The molecule has 126 valence electrons. The molecular formula is C17H20N4O3. The van der Waals surface area contributed by atoms with Crippen molar-refractivity contribution in [3.8, 4) is 11.5 Å². The summed E-state index contributed by atoms with van der Waals surface area (Å²) in [4.78, 5) is 14.8. The van der Waals surface area contributed by atoms with Crippen LogP contribution in [0.1, 0.15) is 37.3 Å². The summed E-state index contributed by atoms with van der Waals surface area (Å²) in [5.74, 6) is 1.43. The molecule has 1 amide bonds. The van der Waals surface area contributed by atoms with E-state index >= 15 is 0 Å². The number of carbonyl (C=O) groups excluding carboxylic acids is 1. The third kappa shape index (κ3) is 2.70. The number of amides is 1. The monoisotopic (exact) mass is 328 g/mol. The molecule has 1 saturated heterocycles. The maximum atomic E-state index is 12.8. The van der Waals surface area contributed by atoms with Gasteiger partial charge in [0, 0.05) is 19.3 Å². The Hall–Kier alpha value is -2.57. The number of nitrogens with zero attached hydrogens (tertiary/aromatic N) is 4. The first-order valence-electron chi connectivity index (χ1n) is 8.26. The lowest BCUT2D eigenvalue weighted by Crippen LogP contribution is -2.41. The number of carbonyl (C=O) groups is 1. The summed E-state index contributed by atoms with van der Waals surface area (Å²) in [6, 6.07) is 6.06. The standard InChI is InChI=1S/C17H20N4O3/c1-12(13-2-3-15-16(10-13)24-11-23-15)17(22)20-7-4-14(5-8-20)21-9-6-18-19-21/h2-3,6,9-10,12,14H,4-5,7-8,11H2,1H3. The highest BCUT2D eigenvalue weighted by atomic mass is 16.7. The molecule has 7 nitrogen and oxygen atoms in total. The number of fused-ring (bicyclic) bond motifs is 1. The highest BCUT2D eigenvalue weighted by molar-refractivity contribution is 5.83. The van der Waals surface area contributed by atoms with Crippen molar-refractivity contribution < 1.29 is 14.3 Å². The van der Waals surface area contributed by atoms with Gasteiger partial charge >= 0.3 is 0 Å². The van der Waals surface area contributed by atoms with Gasteiger partial charge in [-0.15, -0.1) is 5.10 Å². The second-order valence-corrected chi connectivity index (χ2v) is 6.27. The van der Waals surface area contributed by atoms with Crippen LogP contribution in [0.2, 0.25) is 0 Å². The van der Waals surface area contributed by atoms with Gasteiger partial charge < -0.3 is 14.4 Å². The number of aromatic nitrogens is 3. The first-order chi connectivity index (χ1) is 11.7. The molecule has 1 fully saturated rings. The minimum atomic E-state index is -0.192. The van der Waals surface area contributed by atoms with Crippen LogP contribution in [0.15, 0.2) is 30.6 Å². The molecule has 0 aliphatic carbocycles. The molecule has 1 unspecified atom stereocenters. The Balaban J connectivity index is 1.41. The van der Waals surface area contributed by atoms with Gasteiger partial charge in [0.1, 0.15) is 0 Å². The molecule has 0 radical (unpaired) electrons. The lowest BCUT2D eigenvalue weighted by molar-refractivity contribution is -0.133. The van der Waals surface area contributed by atoms with Crippen molar-refractivity contribution in [3.05, 3.63) is 36.2 Å². The molecule has 2 aliphatic heterocycles. The number of hydrogen-bond acceptors (Lipinski definition) is 5. The third-order valence-electron chi connectivity index (χ3n) is 4.86. The smallest absolute Gasteiger partial charge is 0.231 e. The van der Waals surface area contributed by atoms with Gasteiger partial charge in [-0.05, 0) is 37.5 Å². The molecule has 0 saturated carbocycles. The van der Waals surface area contributed by atoms with E-state index < -0.39 is 0 Å². The number of hydrogen-bond donors (Lipinski definition) is 0. The van der Waals surface area contributed by atoms with E-state index in [1.54, 1.807) is 6.20 Å². The molecule has 1 aromatic heterocycles. The average molecular weight is 328 g/mol. The van der Waals surface area contributed by atoms with E-state index in [-0.39, 0.29) is 18.6 Å². The van der Waals surface area contributed by atoms with Crippen molar-refractivity contribution in [1.29, 1.82) is 0 Å². The quantitative estimate of drug-likeness (QED) is 0.861. The second kappa shape index (κ2) is 6.14. The average Bonchev–Trinajstić information content (AvgIpc) is 3.31. The molecule has 24 heavy (non-hydrogen) atoms. The van der Waals surface area contributed by atoms with Crippen LogP contribution in [0, 0.1) is 0 Å². The summed E-state index contributed by atoms with van der Waals surface area (Å²) in [7, 11) is 0. The SMILES string of the molecule is CC(C(=O)N1CCC(n2ccnn2)CC1)c1ccc2c(c1)OCO2. The summed E-state index contributed by atoms with van der Waals surface area (Å²) >= 11 is 0. The molecule has 7 heteroatoms. The number of piperidine rings is 1. The Labute approximate surface area is 140 Å². The summed E-state index contributed by atoms with van der Waals surface area (Å²) in [6.07, 6.45) is 5.39. The van der Waals surface area contributed by atoms with Gasteiger partial charge in [0.05, 0.1) is 18.2 Å². The fraction of sp³-hybridized carbons (Fsp3) is 0.471. The Morgan fingerprint density at radius 2 is 2.04 bits per heavy atom. The van der Waals surface area contributed by atoms with Crippen molar-refractivity contribution >= 4 is 5.91 Å². The number of benzene rings is 1. The molecule has 2 aliphatic rings. The number of likely N-dealkylation sites (tertiary alicyclic amines) is 1. The normalized spacial score (nSPS) is 18.6. The third-order valence-corrected chi connectivity index (χ3v) is 4.86. The Morgan fingerprint density at radius 1 is 1.25 bits per heavy atom. The molecule has 0 N–H and O–H groups in total. The predicted octanol–water partition coefficient (Wildman–Crippen LogP) is 1.97. The van der Waals surface area contributed by atoms with Crippen LogP contribution in [0.25, 0.3) is 0 Å². The fourth-order valence-electron chi connectivity index (χ4n) is 3.36. The summed E-state index contributed by atoms with van der Waals surface area (Å²) in [5.41, 5.74) is 0.961. The molecule has 3 heterocycles. The molecule has 1 aromatic carbocycles. The van der Waals surface area contributed by atoms with Crippen LogP contribution in [0.4, 0.5) is 0 Å². The van der Waals surface area contributed by atoms with Crippen molar-refractivity contribution in [2.75, 3.05) is 19.9 Å². The van der Waals surface area contributed by atoms with E-state index in [4.69, 9.17) is 9.47 Å². The molecule has 0 bridgehead atoms. The largest absolute Gasteiger partial charge is 0.454 e. The zero-order chi connectivity index (χ0) is 16.5. The first-order valence-corrected chi connectivity index (χ1v) is 8.26.